The Morgan fingerprint density at radius 1 is 1.62 bits per heavy atom. The Balaban J connectivity index is 2.63. The highest BCUT2D eigenvalue weighted by Crippen LogP contribution is 2.09. The van der Waals surface area contributed by atoms with Crippen molar-refractivity contribution in [3.8, 4) is 18.2 Å². The Bertz CT molecular complexity index is 306. The van der Waals surface area contributed by atoms with Gasteiger partial charge < -0.3 is 10.1 Å². The Kier molecular flexibility index (Phi) is 3.58. The minimum absolute atomic E-state index is 0.447. The van der Waals surface area contributed by atoms with E-state index in [1.165, 1.54) is 6.33 Å². The summed E-state index contributed by atoms with van der Waals surface area (Å²) in [4.78, 5) is 7.87. The summed E-state index contributed by atoms with van der Waals surface area (Å²) in [7, 11) is 0. The molecule has 0 unspecified atom stereocenters. The molecule has 0 aliphatic carbocycles. The summed E-state index contributed by atoms with van der Waals surface area (Å²) in [6.45, 7) is 2.94. The lowest BCUT2D eigenvalue weighted by atomic mass is 10.5. The van der Waals surface area contributed by atoms with Crippen LogP contribution in [0.25, 0.3) is 0 Å². The smallest absolute Gasteiger partial charge is 0.218 e. The number of terminal acetylenes is 1. The number of ether oxygens (including phenoxy) is 1. The molecular formula is C9H11N3O. The molecule has 0 amide bonds. The zero-order valence-corrected chi connectivity index (χ0v) is 7.45. The molecule has 1 heterocycles. The molecule has 0 atom stereocenters. The van der Waals surface area contributed by atoms with Gasteiger partial charge in [-0.15, -0.1) is 6.42 Å². The maximum absolute atomic E-state index is 5.18. The highest BCUT2D eigenvalue weighted by molar-refractivity contribution is 5.38. The summed E-state index contributed by atoms with van der Waals surface area (Å²) in [6, 6.07) is 1.71. The third kappa shape index (κ3) is 2.99. The summed E-state index contributed by atoms with van der Waals surface area (Å²) < 4.78 is 5.18. The Morgan fingerprint density at radius 3 is 3.15 bits per heavy atom. The van der Waals surface area contributed by atoms with E-state index in [1.54, 1.807) is 6.07 Å². The summed E-state index contributed by atoms with van der Waals surface area (Å²) in [5, 5.41) is 2.93. The lowest BCUT2D eigenvalue weighted by molar-refractivity contribution is 0.326. The molecule has 1 aromatic heterocycles. The highest BCUT2D eigenvalue weighted by Gasteiger charge is 1.96. The van der Waals surface area contributed by atoms with E-state index in [9.17, 15) is 0 Å². The third-order valence-electron chi connectivity index (χ3n) is 1.31. The highest BCUT2D eigenvalue weighted by atomic mass is 16.5. The fourth-order valence-corrected chi connectivity index (χ4v) is 0.805. The topological polar surface area (TPSA) is 47.0 Å². The van der Waals surface area contributed by atoms with Crippen LogP contribution in [0.2, 0.25) is 0 Å². The SMILES string of the molecule is C#CCNc1cc(OCC)ncn1. The van der Waals surface area contributed by atoms with Crippen molar-refractivity contribution in [3.63, 3.8) is 0 Å². The molecule has 0 radical (unpaired) electrons. The number of hydrogen-bond acceptors (Lipinski definition) is 4. The molecule has 4 nitrogen and oxygen atoms in total. The second-order valence-corrected chi connectivity index (χ2v) is 2.23. The van der Waals surface area contributed by atoms with Crippen LogP contribution in [0.15, 0.2) is 12.4 Å². The Morgan fingerprint density at radius 2 is 2.46 bits per heavy atom. The average molecular weight is 177 g/mol. The Hall–Kier alpha value is -1.76. The lowest BCUT2D eigenvalue weighted by Crippen LogP contribution is -2.02. The lowest BCUT2D eigenvalue weighted by Gasteiger charge is -2.03. The fraction of sp³-hybridized carbons (Fsp3) is 0.333. The maximum atomic E-state index is 5.18. The first-order valence-electron chi connectivity index (χ1n) is 3.99. The van der Waals surface area contributed by atoms with Crippen molar-refractivity contribution >= 4 is 5.82 Å². The zero-order chi connectivity index (χ0) is 9.52. The van der Waals surface area contributed by atoms with Crippen molar-refractivity contribution in [2.24, 2.45) is 0 Å². The summed E-state index contributed by atoms with van der Waals surface area (Å²) >= 11 is 0. The molecule has 0 bridgehead atoms. The molecule has 0 fully saturated rings. The van der Waals surface area contributed by atoms with E-state index in [1.807, 2.05) is 6.92 Å². The number of hydrogen-bond donors (Lipinski definition) is 1. The van der Waals surface area contributed by atoms with Crippen molar-refractivity contribution in [2.75, 3.05) is 18.5 Å². The van der Waals surface area contributed by atoms with Gasteiger partial charge in [-0.1, -0.05) is 5.92 Å². The predicted molar refractivity (Wildman–Crippen MR) is 50.5 cm³/mol. The minimum Gasteiger partial charge on any atom is -0.478 e. The van der Waals surface area contributed by atoms with Crippen molar-refractivity contribution in [1.29, 1.82) is 0 Å². The van der Waals surface area contributed by atoms with Gasteiger partial charge in [0.05, 0.1) is 13.2 Å². The molecule has 0 aliphatic heterocycles. The summed E-state index contributed by atoms with van der Waals surface area (Å²) in [5.41, 5.74) is 0. The van der Waals surface area contributed by atoms with Gasteiger partial charge in [-0.25, -0.2) is 9.97 Å². The van der Waals surface area contributed by atoms with Crippen LogP contribution in [0.3, 0.4) is 0 Å². The molecule has 4 heteroatoms. The third-order valence-corrected chi connectivity index (χ3v) is 1.31. The largest absolute Gasteiger partial charge is 0.478 e. The monoisotopic (exact) mass is 177 g/mol. The van der Waals surface area contributed by atoms with Crippen LogP contribution < -0.4 is 10.1 Å². The Labute approximate surface area is 77.4 Å². The molecule has 68 valence electrons. The molecule has 1 N–H and O–H groups in total. The molecule has 0 aliphatic rings. The van der Waals surface area contributed by atoms with E-state index in [4.69, 9.17) is 11.2 Å². The number of rotatable bonds is 4. The van der Waals surface area contributed by atoms with Crippen LogP contribution >= 0.6 is 0 Å². The normalized spacial score (nSPS) is 8.92. The summed E-state index contributed by atoms with van der Waals surface area (Å²) in [5.74, 6) is 3.69. The quantitative estimate of drug-likeness (QED) is 0.695. The molecule has 1 aromatic rings. The van der Waals surface area contributed by atoms with Crippen LogP contribution in [0.4, 0.5) is 5.82 Å². The number of aromatic nitrogens is 2. The van der Waals surface area contributed by atoms with Gasteiger partial charge in [-0.05, 0) is 6.92 Å². The van der Waals surface area contributed by atoms with Gasteiger partial charge in [0.2, 0.25) is 5.88 Å². The molecule has 0 aromatic carbocycles. The average Bonchev–Trinajstić information content (AvgIpc) is 2.16. The van der Waals surface area contributed by atoms with Crippen LogP contribution in [-0.4, -0.2) is 23.1 Å². The first kappa shape index (κ1) is 9.33. The molecule has 1 rings (SSSR count). The van der Waals surface area contributed by atoms with Crippen LogP contribution in [-0.2, 0) is 0 Å². The van der Waals surface area contributed by atoms with Crippen molar-refractivity contribution in [1.82, 2.24) is 9.97 Å². The van der Waals surface area contributed by atoms with Crippen LogP contribution in [0.5, 0.6) is 5.88 Å². The van der Waals surface area contributed by atoms with Gasteiger partial charge in [0.25, 0.3) is 0 Å². The molecular weight excluding hydrogens is 166 g/mol. The van der Waals surface area contributed by atoms with Gasteiger partial charge in [0, 0.05) is 6.07 Å². The fourth-order valence-electron chi connectivity index (χ4n) is 0.805. The zero-order valence-electron chi connectivity index (χ0n) is 7.45. The van der Waals surface area contributed by atoms with E-state index in [0.717, 1.165) is 0 Å². The molecule has 0 spiro atoms. The van der Waals surface area contributed by atoms with Crippen LogP contribution in [0, 0.1) is 12.3 Å². The number of nitrogens with one attached hydrogen (secondary N) is 1. The summed E-state index contributed by atoms with van der Waals surface area (Å²) in [6.07, 6.45) is 6.52. The van der Waals surface area contributed by atoms with Crippen molar-refractivity contribution in [2.45, 2.75) is 6.92 Å². The number of nitrogens with zero attached hydrogens (tertiary/aromatic N) is 2. The first-order chi connectivity index (χ1) is 6.36. The van der Waals surface area contributed by atoms with Gasteiger partial charge in [0.1, 0.15) is 12.1 Å². The second kappa shape index (κ2) is 4.99. The maximum Gasteiger partial charge on any atom is 0.218 e. The van der Waals surface area contributed by atoms with Gasteiger partial charge in [-0.2, -0.15) is 0 Å². The van der Waals surface area contributed by atoms with Crippen molar-refractivity contribution < 1.29 is 4.74 Å². The van der Waals surface area contributed by atoms with E-state index in [2.05, 4.69) is 21.2 Å². The number of anilines is 1. The first-order valence-corrected chi connectivity index (χ1v) is 3.99. The molecule has 0 saturated carbocycles. The van der Waals surface area contributed by atoms with Gasteiger partial charge in [-0.3, -0.25) is 0 Å². The standard InChI is InChI=1S/C9H11N3O/c1-3-5-10-8-6-9(13-4-2)12-7-11-8/h1,6-7H,4-5H2,2H3,(H,10,11,12). The van der Waals surface area contributed by atoms with Gasteiger partial charge in [0.15, 0.2) is 0 Å². The molecule has 0 saturated heterocycles. The van der Waals surface area contributed by atoms with E-state index in [-0.39, 0.29) is 0 Å². The van der Waals surface area contributed by atoms with E-state index in [0.29, 0.717) is 24.8 Å². The van der Waals surface area contributed by atoms with E-state index >= 15 is 0 Å². The van der Waals surface area contributed by atoms with Crippen molar-refractivity contribution in [3.05, 3.63) is 12.4 Å². The van der Waals surface area contributed by atoms with Gasteiger partial charge >= 0.3 is 0 Å². The minimum atomic E-state index is 0.447. The predicted octanol–water partition coefficient (Wildman–Crippen LogP) is 0.920. The molecule has 13 heavy (non-hydrogen) atoms. The van der Waals surface area contributed by atoms with E-state index < -0.39 is 0 Å². The van der Waals surface area contributed by atoms with Crippen LogP contribution in [0.1, 0.15) is 6.92 Å². The second-order valence-electron chi connectivity index (χ2n) is 2.23.